The monoisotopic (exact) mass is 348 g/mol. The maximum Gasteiger partial charge on any atom is 0.251 e. The zero-order valence-corrected chi connectivity index (χ0v) is 14.5. The summed E-state index contributed by atoms with van der Waals surface area (Å²) in [4.78, 5) is 17.2. The van der Waals surface area contributed by atoms with E-state index in [9.17, 15) is 4.79 Å². The third-order valence-corrected chi connectivity index (χ3v) is 5.27. The number of nitrogens with zero attached hydrogens (tertiary/aromatic N) is 1. The largest absolute Gasteiger partial charge is 0.348 e. The molecule has 1 aliphatic rings. The van der Waals surface area contributed by atoms with Crippen molar-refractivity contribution in [2.24, 2.45) is 0 Å². The third kappa shape index (κ3) is 5.26. The number of hydrogen-bond donors (Lipinski definition) is 1. The molecule has 1 saturated carbocycles. The molecule has 0 saturated heterocycles. The minimum atomic E-state index is -0.0631. The fourth-order valence-electron chi connectivity index (χ4n) is 2.67. The summed E-state index contributed by atoms with van der Waals surface area (Å²) in [7, 11) is 0. The van der Waals surface area contributed by atoms with Gasteiger partial charge in [-0.05, 0) is 42.7 Å². The van der Waals surface area contributed by atoms with Gasteiger partial charge in [-0.2, -0.15) is 0 Å². The SMILES string of the molecule is Cl.O=C(NCc1ccc(SC2CCCC2)cc1)c1ccncc1. The summed E-state index contributed by atoms with van der Waals surface area (Å²) < 4.78 is 0. The Hall–Kier alpha value is -1.52. The molecule has 1 aromatic heterocycles. The van der Waals surface area contributed by atoms with Gasteiger partial charge in [0.15, 0.2) is 0 Å². The molecular formula is C18H21ClN2OS. The molecule has 23 heavy (non-hydrogen) atoms. The summed E-state index contributed by atoms with van der Waals surface area (Å²) in [5.41, 5.74) is 1.77. The smallest absolute Gasteiger partial charge is 0.251 e. The Kier molecular flexibility index (Phi) is 6.93. The number of pyridine rings is 1. The number of rotatable bonds is 5. The number of thioether (sulfide) groups is 1. The number of hydrogen-bond acceptors (Lipinski definition) is 3. The molecule has 0 unspecified atom stereocenters. The van der Waals surface area contributed by atoms with Crippen molar-refractivity contribution in [2.45, 2.75) is 42.4 Å². The molecule has 122 valence electrons. The summed E-state index contributed by atoms with van der Waals surface area (Å²) in [6, 6.07) is 12.0. The molecule has 1 aromatic carbocycles. The van der Waals surface area contributed by atoms with E-state index in [0.29, 0.717) is 12.1 Å². The molecule has 0 spiro atoms. The van der Waals surface area contributed by atoms with Crippen LogP contribution in [0.4, 0.5) is 0 Å². The zero-order valence-electron chi connectivity index (χ0n) is 12.9. The average molecular weight is 349 g/mol. The lowest BCUT2D eigenvalue weighted by atomic mass is 10.2. The first-order chi connectivity index (χ1) is 10.8. The van der Waals surface area contributed by atoms with Gasteiger partial charge in [0.1, 0.15) is 0 Å². The van der Waals surface area contributed by atoms with Gasteiger partial charge in [-0.25, -0.2) is 0 Å². The number of halogens is 1. The normalized spacial score (nSPS) is 14.3. The highest BCUT2D eigenvalue weighted by Crippen LogP contribution is 2.34. The van der Waals surface area contributed by atoms with Crippen LogP contribution >= 0.6 is 24.2 Å². The van der Waals surface area contributed by atoms with Crippen molar-refractivity contribution >= 4 is 30.1 Å². The Morgan fingerprint density at radius 1 is 1.09 bits per heavy atom. The highest BCUT2D eigenvalue weighted by Gasteiger charge is 2.15. The molecule has 0 atom stereocenters. The van der Waals surface area contributed by atoms with Gasteiger partial charge < -0.3 is 5.32 Å². The van der Waals surface area contributed by atoms with E-state index in [2.05, 4.69) is 34.6 Å². The molecule has 1 N–H and O–H groups in total. The van der Waals surface area contributed by atoms with E-state index in [0.717, 1.165) is 10.8 Å². The topological polar surface area (TPSA) is 42.0 Å². The zero-order chi connectivity index (χ0) is 15.2. The van der Waals surface area contributed by atoms with E-state index in [1.54, 1.807) is 24.5 Å². The molecule has 3 nitrogen and oxygen atoms in total. The van der Waals surface area contributed by atoms with Crippen molar-refractivity contribution in [3.8, 4) is 0 Å². The first-order valence-corrected chi connectivity index (χ1v) is 8.63. The van der Waals surface area contributed by atoms with Gasteiger partial charge in [-0.15, -0.1) is 24.2 Å². The fourth-order valence-corrected chi connectivity index (χ4v) is 3.92. The van der Waals surface area contributed by atoms with Gasteiger partial charge in [0.05, 0.1) is 0 Å². The van der Waals surface area contributed by atoms with Crippen LogP contribution in [0.2, 0.25) is 0 Å². The van der Waals surface area contributed by atoms with Crippen LogP contribution in [0.1, 0.15) is 41.6 Å². The lowest BCUT2D eigenvalue weighted by molar-refractivity contribution is 0.0951. The van der Waals surface area contributed by atoms with Crippen LogP contribution in [0.3, 0.4) is 0 Å². The van der Waals surface area contributed by atoms with Crippen LogP contribution in [0.15, 0.2) is 53.7 Å². The van der Waals surface area contributed by atoms with Crippen LogP contribution in [-0.4, -0.2) is 16.1 Å². The minimum absolute atomic E-state index is 0. The van der Waals surface area contributed by atoms with Crippen LogP contribution in [0.5, 0.6) is 0 Å². The first kappa shape index (κ1) is 17.8. The van der Waals surface area contributed by atoms with Gasteiger partial charge in [-0.3, -0.25) is 9.78 Å². The molecule has 5 heteroatoms. The molecule has 0 radical (unpaired) electrons. The molecule has 1 aliphatic carbocycles. The van der Waals surface area contributed by atoms with Crippen LogP contribution < -0.4 is 5.32 Å². The molecule has 1 amide bonds. The van der Waals surface area contributed by atoms with Crippen LogP contribution in [-0.2, 0) is 6.54 Å². The second-order valence-corrected chi connectivity index (χ2v) is 6.96. The van der Waals surface area contributed by atoms with E-state index in [4.69, 9.17) is 0 Å². The summed E-state index contributed by atoms with van der Waals surface area (Å²) in [6.07, 6.45) is 8.68. The Morgan fingerprint density at radius 2 is 1.74 bits per heavy atom. The number of nitrogens with one attached hydrogen (secondary N) is 1. The molecule has 2 aromatic rings. The van der Waals surface area contributed by atoms with Crippen LogP contribution in [0, 0.1) is 0 Å². The Morgan fingerprint density at radius 3 is 2.39 bits per heavy atom. The Bertz CT molecular complexity index is 613. The van der Waals surface area contributed by atoms with E-state index in [1.165, 1.54) is 30.6 Å². The first-order valence-electron chi connectivity index (χ1n) is 7.75. The van der Waals surface area contributed by atoms with Crippen molar-refractivity contribution in [1.29, 1.82) is 0 Å². The highest BCUT2D eigenvalue weighted by molar-refractivity contribution is 8.00. The Balaban J connectivity index is 0.00000192. The maximum atomic E-state index is 12.0. The van der Waals surface area contributed by atoms with Crippen molar-refractivity contribution in [3.05, 3.63) is 59.9 Å². The lowest BCUT2D eigenvalue weighted by Crippen LogP contribution is -2.22. The molecular weight excluding hydrogens is 328 g/mol. The van der Waals surface area contributed by atoms with Crippen molar-refractivity contribution < 1.29 is 4.79 Å². The molecule has 3 rings (SSSR count). The van der Waals surface area contributed by atoms with Gasteiger partial charge in [0.25, 0.3) is 5.91 Å². The Labute approximate surface area is 147 Å². The van der Waals surface area contributed by atoms with Crippen molar-refractivity contribution in [1.82, 2.24) is 10.3 Å². The standard InChI is InChI=1S/C18H20N2OS.ClH/c21-18(15-9-11-19-12-10-15)20-13-14-5-7-17(8-6-14)22-16-3-1-2-4-16;/h5-12,16H,1-4,13H2,(H,20,21);1H. The van der Waals surface area contributed by atoms with E-state index >= 15 is 0 Å². The lowest BCUT2D eigenvalue weighted by Gasteiger charge is -2.10. The van der Waals surface area contributed by atoms with Crippen LogP contribution in [0.25, 0.3) is 0 Å². The van der Waals surface area contributed by atoms with Gasteiger partial charge in [-0.1, -0.05) is 25.0 Å². The van der Waals surface area contributed by atoms with E-state index in [-0.39, 0.29) is 18.3 Å². The maximum absolute atomic E-state index is 12.0. The summed E-state index contributed by atoms with van der Waals surface area (Å²) >= 11 is 1.99. The molecule has 0 aliphatic heterocycles. The number of carbonyl (C=O) groups is 1. The van der Waals surface area contributed by atoms with Gasteiger partial charge in [0, 0.05) is 34.6 Å². The van der Waals surface area contributed by atoms with Gasteiger partial charge >= 0.3 is 0 Å². The molecule has 1 heterocycles. The predicted octanol–water partition coefficient (Wildman–Crippen LogP) is 4.47. The summed E-state index contributed by atoms with van der Waals surface area (Å²) in [5, 5.41) is 3.72. The van der Waals surface area contributed by atoms with Gasteiger partial charge in [0.2, 0.25) is 0 Å². The number of benzene rings is 1. The van der Waals surface area contributed by atoms with E-state index < -0.39 is 0 Å². The quantitative estimate of drug-likeness (QED) is 0.866. The fraction of sp³-hybridized carbons (Fsp3) is 0.333. The number of aromatic nitrogens is 1. The summed E-state index contributed by atoms with van der Waals surface area (Å²) in [6.45, 7) is 0.551. The summed E-state index contributed by atoms with van der Waals surface area (Å²) in [5.74, 6) is -0.0631. The third-order valence-electron chi connectivity index (χ3n) is 3.92. The average Bonchev–Trinajstić information content (AvgIpc) is 3.08. The number of amides is 1. The number of carbonyl (C=O) groups excluding carboxylic acids is 1. The highest BCUT2D eigenvalue weighted by atomic mass is 35.5. The molecule has 0 bridgehead atoms. The van der Waals surface area contributed by atoms with Crippen molar-refractivity contribution in [3.63, 3.8) is 0 Å². The molecule has 1 fully saturated rings. The van der Waals surface area contributed by atoms with Crippen molar-refractivity contribution in [2.75, 3.05) is 0 Å². The van der Waals surface area contributed by atoms with E-state index in [1.807, 2.05) is 11.8 Å². The minimum Gasteiger partial charge on any atom is -0.348 e. The predicted molar refractivity (Wildman–Crippen MR) is 97.2 cm³/mol. The second kappa shape index (κ2) is 8.94. The second-order valence-electron chi connectivity index (χ2n) is 5.59.